The van der Waals surface area contributed by atoms with Crippen molar-refractivity contribution >= 4 is 27.9 Å². The Morgan fingerprint density at radius 3 is 2.67 bits per heavy atom. The number of carbonyl (C=O) groups excluding carboxylic acids is 1. The van der Waals surface area contributed by atoms with Crippen molar-refractivity contribution in [1.29, 1.82) is 0 Å². The Morgan fingerprint density at radius 2 is 2.20 bits per heavy atom. The van der Waals surface area contributed by atoms with Crippen LogP contribution in [0.1, 0.15) is 12.8 Å². The summed E-state index contributed by atoms with van der Waals surface area (Å²) >= 11 is 5.88. The minimum absolute atomic E-state index is 0.110. The number of ether oxygens (including phenoxy) is 1. The molecule has 8 heteroatoms. The summed E-state index contributed by atoms with van der Waals surface area (Å²) in [6, 6.07) is 0. The first kappa shape index (κ1) is 12.5. The zero-order valence-electron chi connectivity index (χ0n) is 8.20. The third kappa shape index (κ3) is 4.67. The number of hydrogen-bond acceptors (Lipinski definition) is 4. The van der Waals surface area contributed by atoms with Gasteiger partial charge in [0.05, 0.1) is 7.11 Å². The van der Waals surface area contributed by atoms with Crippen molar-refractivity contribution in [2.45, 2.75) is 18.2 Å². The molecule has 1 aliphatic carbocycles. The highest BCUT2D eigenvalue weighted by molar-refractivity contribution is 7.88. The van der Waals surface area contributed by atoms with Gasteiger partial charge in [-0.05, 0) is 18.8 Å². The van der Waals surface area contributed by atoms with E-state index in [2.05, 4.69) is 9.46 Å². The molecule has 0 aromatic heterocycles. The summed E-state index contributed by atoms with van der Waals surface area (Å²) in [5.41, 5.74) is 0. The number of alkyl halides is 1. The van der Waals surface area contributed by atoms with Crippen molar-refractivity contribution in [2.75, 3.05) is 13.7 Å². The van der Waals surface area contributed by atoms with E-state index < -0.39 is 16.3 Å². The molecule has 2 N–H and O–H groups in total. The molecular formula is C7H13ClN2O4S. The van der Waals surface area contributed by atoms with Crippen LogP contribution in [-0.4, -0.2) is 33.5 Å². The quantitative estimate of drug-likeness (QED) is 0.688. The molecule has 0 radical (unpaired) electrons. The van der Waals surface area contributed by atoms with E-state index >= 15 is 0 Å². The Hall–Kier alpha value is -0.530. The molecule has 1 atom stereocenters. The average Bonchev–Trinajstić information content (AvgIpc) is 2.96. The fourth-order valence-electron chi connectivity index (χ4n) is 1.00. The summed E-state index contributed by atoms with van der Waals surface area (Å²) in [7, 11) is -2.77. The number of amides is 1. The van der Waals surface area contributed by atoms with Gasteiger partial charge in [-0.15, -0.1) is 11.6 Å². The van der Waals surface area contributed by atoms with Crippen LogP contribution in [0, 0.1) is 5.92 Å². The summed E-state index contributed by atoms with van der Waals surface area (Å²) < 4.78 is 30.3. The summed E-state index contributed by atoms with van der Waals surface area (Å²) in [5.74, 6) is 0.382. The second-order valence-corrected chi connectivity index (χ2v) is 5.36. The van der Waals surface area contributed by atoms with E-state index in [1.165, 1.54) is 0 Å². The second-order valence-electron chi connectivity index (χ2n) is 3.30. The molecule has 0 bridgehead atoms. The Bertz CT molecular complexity index is 328. The number of halogens is 1. The van der Waals surface area contributed by atoms with Gasteiger partial charge in [0, 0.05) is 11.9 Å². The molecule has 6 nitrogen and oxygen atoms in total. The first-order valence-electron chi connectivity index (χ1n) is 4.44. The number of rotatable bonds is 5. The Balaban J connectivity index is 2.31. The van der Waals surface area contributed by atoms with Gasteiger partial charge in [-0.1, -0.05) is 0 Å². The van der Waals surface area contributed by atoms with Gasteiger partial charge >= 0.3 is 16.3 Å². The van der Waals surface area contributed by atoms with Crippen molar-refractivity contribution in [2.24, 2.45) is 5.92 Å². The third-order valence-corrected chi connectivity index (χ3v) is 3.50. The van der Waals surface area contributed by atoms with Crippen LogP contribution in [0.5, 0.6) is 0 Å². The van der Waals surface area contributed by atoms with Gasteiger partial charge in [-0.3, -0.25) is 0 Å². The highest BCUT2D eigenvalue weighted by Crippen LogP contribution is 2.35. The number of methoxy groups -OCH3 is 1. The lowest BCUT2D eigenvalue weighted by Gasteiger charge is -2.10. The highest BCUT2D eigenvalue weighted by Gasteiger charge is 2.30. The van der Waals surface area contributed by atoms with Crippen LogP contribution >= 0.6 is 11.6 Å². The van der Waals surface area contributed by atoms with Crippen molar-refractivity contribution in [3.8, 4) is 0 Å². The summed E-state index contributed by atoms with van der Waals surface area (Å²) in [4.78, 5) is 10.6. The first-order chi connectivity index (χ1) is 6.94. The monoisotopic (exact) mass is 256 g/mol. The van der Waals surface area contributed by atoms with Crippen molar-refractivity contribution in [3.63, 3.8) is 0 Å². The molecular weight excluding hydrogens is 244 g/mol. The molecule has 1 aliphatic rings. The van der Waals surface area contributed by atoms with Gasteiger partial charge in [0.25, 0.3) is 0 Å². The van der Waals surface area contributed by atoms with Crippen molar-refractivity contribution < 1.29 is 17.9 Å². The second kappa shape index (κ2) is 5.00. The molecule has 88 valence electrons. The lowest BCUT2D eigenvalue weighted by molar-refractivity contribution is 0.177. The molecule has 1 rings (SSSR count). The molecule has 0 heterocycles. The fourth-order valence-corrected chi connectivity index (χ4v) is 2.20. The molecule has 1 amide bonds. The topological polar surface area (TPSA) is 84.5 Å². The minimum atomic E-state index is -3.85. The number of carbonyl (C=O) groups is 1. The molecule has 15 heavy (non-hydrogen) atoms. The van der Waals surface area contributed by atoms with Crippen LogP contribution in [0.15, 0.2) is 0 Å². The molecule has 0 aromatic rings. The van der Waals surface area contributed by atoms with E-state index in [9.17, 15) is 13.2 Å². The van der Waals surface area contributed by atoms with Crippen LogP contribution in [0.3, 0.4) is 0 Å². The van der Waals surface area contributed by atoms with Gasteiger partial charge in [-0.25, -0.2) is 9.52 Å². The van der Waals surface area contributed by atoms with E-state index in [4.69, 9.17) is 11.6 Å². The molecule has 0 aromatic carbocycles. The fraction of sp³-hybridized carbons (Fsp3) is 0.857. The molecule has 1 saturated carbocycles. The predicted molar refractivity (Wildman–Crippen MR) is 54.8 cm³/mol. The Labute approximate surface area is 93.5 Å². The van der Waals surface area contributed by atoms with Crippen LogP contribution in [0.2, 0.25) is 0 Å². The highest BCUT2D eigenvalue weighted by atomic mass is 35.5. The summed E-state index contributed by atoms with van der Waals surface area (Å²) in [6.07, 6.45) is 1.03. The summed E-state index contributed by atoms with van der Waals surface area (Å²) in [6.45, 7) is 0.110. The molecule has 0 aliphatic heterocycles. The zero-order valence-corrected chi connectivity index (χ0v) is 9.77. The lowest BCUT2D eigenvalue weighted by atomic mass is 10.3. The molecule has 1 unspecified atom stereocenters. The normalized spacial score (nSPS) is 18.3. The van der Waals surface area contributed by atoms with Gasteiger partial charge < -0.3 is 4.74 Å². The minimum Gasteiger partial charge on any atom is -0.452 e. The Kier molecular flexibility index (Phi) is 4.18. The largest absolute Gasteiger partial charge is 0.452 e. The maximum atomic E-state index is 11.2. The predicted octanol–water partition coefficient (Wildman–Crippen LogP) is 0.194. The van der Waals surface area contributed by atoms with Crippen LogP contribution in [0.25, 0.3) is 0 Å². The lowest BCUT2D eigenvalue weighted by Crippen LogP contribution is -2.42. The molecule has 1 fully saturated rings. The zero-order chi connectivity index (χ0) is 11.5. The maximum absolute atomic E-state index is 11.2. The summed E-state index contributed by atoms with van der Waals surface area (Å²) in [5, 5.41) is -0.223. The van der Waals surface area contributed by atoms with E-state index in [1.54, 1.807) is 4.72 Å². The van der Waals surface area contributed by atoms with Gasteiger partial charge in [0.15, 0.2) is 0 Å². The van der Waals surface area contributed by atoms with E-state index in [1.807, 2.05) is 0 Å². The number of nitrogens with one attached hydrogen (secondary N) is 2. The number of hydrogen-bond donors (Lipinski definition) is 2. The standard InChI is InChI=1S/C7H13ClN2O4S/c1-14-7(11)10-15(12,13)9-4-6(8)5-2-3-5/h5-6,9H,2-4H2,1H3,(H,10,11). The van der Waals surface area contributed by atoms with Crippen LogP contribution in [0.4, 0.5) is 4.79 Å². The maximum Gasteiger partial charge on any atom is 0.421 e. The Morgan fingerprint density at radius 1 is 1.60 bits per heavy atom. The van der Waals surface area contributed by atoms with Gasteiger partial charge in [0.2, 0.25) is 0 Å². The van der Waals surface area contributed by atoms with E-state index in [0.29, 0.717) is 5.92 Å². The van der Waals surface area contributed by atoms with Gasteiger partial charge in [-0.2, -0.15) is 13.1 Å². The molecule has 0 spiro atoms. The smallest absolute Gasteiger partial charge is 0.421 e. The van der Waals surface area contributed by atoms with Crippen LogP contribution < -0.4 is 9.44 Å². The van der Waals surface area contributed by atoms with E-state index in [0.717, 1.165) is 20.0 Å². The first-order valence-corrected chi connectivity index (χ1v) is 6.36. The van der Waals surface area contributed by atoms with Crippen molar-refractivity contribution in [3.05, 3.63) is 0 Å². The van der Waals surface area contributed by atoms with Crippen LogP contribution in [-0.2, 0) is 14.9 Å². The average molecular weight is 257 g/mol. The van der Waals surface area contributed by atoms with Gasteiger partial charge in [0.1, 0.15) is 0 Å². The third-order valence-electron chi connectivity index (χ3n) is 2.00. The molecule has 0 saturated heterocycles. The van der Waals surface area contributed by atoms with Crippen molar-refractivity contribution in [1.82, 2.24) is 9.44 Å². The SMILES string of the molecule is COC(=O)NS(=O)(=O)NCC(Cl)C1CC1. The van der Waals surface area contributed by atoms with E-state index in [-0.39, 0.29) is 11.9 Å².